The predicted molar refractivity (Wildman–Crippen MR) is 141 cm³/mol. The molecule has 0 fully saturated rings. The highest BCUT2D eigenvalue weighted by atomic mass is 16.6. The summed E-state index contributed by atoms with van der Waals surface area (Å²) in [5.41, 5.74) is 2.58. The SMILES string of the molecule is CCOC(=O)C(C=Cc1ccc(NC(=O)CCCCCNc2ccc([N+](=O)[O-])c3nonc23)cc1)=CCO. The number of nitro benzene ring substituents is 1. The standard InChI is InChI=1S/C26H29N5O7/c1-2-37-26(34)19(15-17-32)10-7-18-8-11-20(12-9-18)28-23(33)6-4-3-5-16-27-21-13-14-22(31(35)36)25-24(21)29-38-30-25/h7-15,27,32H,2-6,16-17H2,1H3,(H,28,33). The van der Waals surface area contributed by atoms with E-state index in [-0.39, 0.29) is 35.9 Å². The van der Waals surface area contributed by atoms with E-state index in [4.69, 9.17) is 9.84 Å². The molecule has 200 valence electrons. The third kappa shape index (κ3) is 7.96. The van der Waals surface area contributed by atoms with E-state index >= 15 is 0 Å². The summed E-state index contributed by atoms with van der Waals surface area (Å²) in [6, 6.07) is 10.1. The van der Waals surface area contributed by atoms with Gasteiger partial charge in [0.15, 0.2) is 5.52 Å². The summed E-state index contributed by atoms with van der Waals surface area (Å²) in [6.45, 7) is 2.28. The third-order valence-electron chi connectivity index (χ3n) is 5.46. The summed E-state index contributed by atoms with van der Waals surface area (Å²) >= 11 is 0. The van der Waals surface area contributed by atoms with Gasteiger partial charge in [0.1, 0.15) is 0 Å². The number of nitrogens with zero attached hydrogens (tertiary/aromatic N) is 3. The van der Waals surface area contributed by atoms with Gasteiger partial charge in [-0.2, -0.15) is 0 Å². The van der Waals surface area contributed by atoms with E-state index in [2.05, 4.69) is 25.6 Å². The van der Waals surface area contributed by atoms with Gasteiger partial charge in [-0.3, -0.25) is 14.9 Å². The van der Waals surface area contributed by atoms with Gasteiger partial charge in [0.2, 0.25) is 11.4 Å². The maximum Gasteiger partial charge on any atom is 0.337 e. The quantitative estimate of drug-likeness (QED) is 0.0693. The van der Waals surface area contributed by atoms with Gasteiger partial charge in [-0.25, -0.2) is 9.42 Å². The largest absolute Gasteiger partial charge is 0.462 e. The van der Waals surface area contributed by atoms with Crippen LogP contribution in [-0.4, -0.2) is 52.0 Å². The van der Waals surface area contributed by atoms with Crippen LogP contribution in [-0.2, 0) is 14.3 Å². The maximum atomic E-state index is 12.3. The Hall–Kier alpha value is -4.58. The van der Waals surface area contributed by atoms with Crippen molar-refractivity contribution >= 4 is 46.0 Å². The minimum Gasteiger partial charge on any atom is -0.462 e. The van der Waals surface area contributed by atoms with Crippen LogP contribution in [0.25, 0.3) is 17.1 Å². The zero-order valence-electron chi connectivity index (χ0n) is 20.9. The van der Waals surface area contributed by atoms with Gasteiger partial charge in [-0.1, -0.05) is 24.6 Å². The summed E-state index contributed by atoms with van der Waals surface area (Å²) in [4.78, 5) is 34.7. The number of aliphatic hydroxyl groups excluding tert-OH is 1. The normalized spacial score (nSPS) is 11.6. The molecule has 0 saturated heterocycles. The van der Waals surface area contributed by atoms with Crippen molar-refractivity contribution in [1.29, 1.82) is 0 Å². The van der Waals surface area contributed by atoms with Crippen molar-refractivity contribution in [2.75, 3.05) is 30.4 Å². The minimum absolute atomic E-state index is 0.0949. The van der Waals surface area contributed by atoms with E-state index in [1.807, 2.05) is 0 Å². The number of ether oxygens (including phenoxy) is 1. The van der Waals surface area contributed by atoms with Crippen LogP contribution in [0.1, 0.15) is 38.2 Å². The van der Waals surface area contributed by atoms with Crippen LogP contribution >= 0.6 is 0 Å². The molecule has 3 aromatic rings. The average molecular weight is 524 g/mol. The molecular weight excluding hydrogens is 494 g/mol. The number of rotatable bonds is 14. The molecule has 3 rings (SSSR count). The van der Waals surface area contributed by atoms with Crippen LogP contribution in [0.15, 0.2) is 58.8 Å². The second-order valence-corrected chi connectivity index (χ2v) is 8.15. The van der Waals surface area contributed by atoms with Crippen LogP contribution in [0.4, 0.5) is 17.1 Å². The number of benzene rings is 2. The number of amides is 1. The number of nitrogens with one attached hydrogen (secondary N) is 2. The first-order chi connectivity index (χ1) is 18.4. The number of nitro groups is 1. The molecule has 0 spiro atoms. The number of unbranched alkanes of at least 4 members (excludes halogenated alkanes) is 2. The monoisotopic (exact) mass is 523 g/mol. The molecule has 0 radical (unpaired) electrons. The van der Waals surface area contributed by atoms with Crippen LogP contribution in [0.2, 0.25) is 0 Å². The molecule has 1 aromatic heterocycles. The fraction of sp³-hybridized carbons (Fsp3) is 0.308. The molecule has 0 saturated carbocycles. The number of fused-ring (bicyclic) bond motifs is 1. The van der Waals surface area contributed by atoms with Gasteiger partial charge in [0.05, 0.1) is 29.4 Å². The van der Waals surface area contributed by atoms with E-state index in [0.29, 0.717) is 36.3 Å². The van der Waals surface area contributed by atoms with Crippen molar-refractivity contribution in [1.82, 2.24) is 10.3 Å². The molecule has 1 amide bonds. The Balaban J connectivity index is 1.38. The third-order valence-corrected chi connectivity index (χ3v) is 5.46. The minimum atomic E-state index is -0.533. The number of hydrogen-bond donors (Lipinski definition) is 3. The molecule has 0 aliphatic heterocycles. The first-order valence-electron chi connectivity index (χ1n) is 12.1. The Morgan fingerprint density at radius 1 is 1.11 bits per heavy atom. The first-order valence-corrected chi connectivity index (χ1v) is 12.1. The van der Waals surface area contributed by atoms with Gasteiger partial charge in [0.25, 0.3) is 0 Å². The summed E-state index contributed by atoms with van der Waals surface area (Å²) in [5, 5.41) is 33.5. The molecule has 0 bridgehead atoms. The van der Waals surface area contributed by atoms with Crippen molar-refractivity contribution in [2.45, 2.75) is 32.6 Å². The Labute approximate surface area is 218 Å². The van der Waals surface area contributed by atoms with Crippen LogP contribution in [0.5, 0.6) is 0 Å². The topological polar surface area (TPSA) is 170 Å². The van der Waals surface area contributed by atoms with Crippen molar-refractivity contribution in [2.24, 2.45) is 0 Å². The van der Waals surface area contributed by atoms with Gasteiger partial charge >= 0.3 is 11.7 Å². The summed E-state index contributed by atoms with van der Waals surface area (Å²) in [5.74, 6) is -0.601. The summed E-state index contributed by atoms with van der Waals surface area (Å²) in [6.07, 6.45) is 7.33. The maximum absolute atomic E-state index is 12.3. The van der Waals surface area contributed by atoms with Gasteiger partial charge in [0, 0.05) is 24.7 Å². The number of hydrogen-bond acceptors (Lipinski definition) is 10. The average Bonchev–Trinajstić information content (AvgIpc) is 3.39. The van der Waals surface area contributed by atoms with E-state index in [0.717, 1.165) is 18.4 Å². The van der Waals surface area contributed by atoms with Crippen LogP contribution < -0.4 is 10.6 Å². The van der Waals surface area contributed by atoms with E-state index in [1.165, 1.54) is 12.1 Å². The number of carbonyl (C=O) groups is 2. The smallest absolute Gasteiger partial charge is 0.337 e. The fourth-order valence-corrected chi connectivity index (χ4v) is 3.57. The Bertz CT molecular complexity index is 1320. The summed E-state index contributed by atoms with van der Waals surface area (Å²) < 4.78 is 9.61. The second-order valence-electron chi connectivity index (χ2n) is 8.15. The lowest BCUT2D eigenvalue weighted by molar-refractivity contribution is -0.383. The molecule has 0 atom stereocenters. The van der Waals surface area contributed by atoms with Crippen LogP contribution in [0.3, 0.4) is 0 Å². The Morgan fingerprint density at radius 3 is 2.58 bits per heavy atom. The van der Waals surface area contributed by atoms with E-state index < -0.39 is 10.9 Å². The molecule has 3 N–H and O–H groups in total. The Kier molecular flexibility index (Phi) is 10.5. The lowest BCUT2D eigenvalue weighted by atomic mass is 10.1. The number of carbonyl (C=O) groups excluding carboxylic acids is 2. The molecule has 0 aliphatic rings. The molecule has 2 aromatic carbocycles. The van der Waals surface area contributed by atoms with Crippen molar-refractivity contribution in [3.63, 3.8) is 0 Å². The second kappa shape index (κ2) is 14.2. The lowest BCUT2D eigenvalue weighted by Crippen LogP contribution is -2.11. The number of aromatic nitrogens is 2. The van der Waals surface area contributed by atoms with Crippen LogP contribution in [0, 0.1) is 10.1 Å². The highest BCUT2D eigenvalue weighted by Gasteiger charge is 2.19. The highest BCUT2D eigenvalue weighted by molar-refractivity contribution is 5.94. The van der Waals surface area contributed by atoms with Crippen molar-refractivity contribution in [3.05, 3.63) is 69.8 Å². The summed E-state index contributed by atoms with van der Waals surface area (Å²) in [7, 11) is 0. The molecule has 0 aliphatic carbocycles. The lowest BCUT2D eigenvalue weighted by Gasteiger charge is -2.07. The zero-order valence-corrected chi connectivity index (χ0v) is 20.9. The number of aliphatic hydroxyl groups is 1. The zero-order chi connectivity index (χ0) is 27.3. The van der Waals surface area contributed by atoms with Gasteiger partial charge in [-0.15, -0.1) is 0 Å². The molecule has 38 heavy (non-hydrogen) atoms. The van der Waals surface area contributed by atoms with E-state index in [1.54, 1.807) is 49.4 Å². The number of anilines is 2. The number of non-ortho nitro benzene ring substituents is 1. The van der Waals surface area contributed by atoms with E-state index in [9.17, 15) is 19.7 Å². The van der Waals surface area contributed by atoms with Gasteiger partial charge < -0.3 is 20.5 Å². The predicted octanol–water partition coefficient (Wildman–Crippen LogP) is 4.24. The highest BCUT2D eigenvalue weighted by Crippen LogP contribution is 2.28. The Morgan fingerprint density at radius 2 is 1.87 bits per heavy atom. The number of esters is 1. The van der Waals surface area contributed by atoms with Crippen molar-refractivity contribution in [3.8, 4) is 0 Å². The van der Waals surface area contributed by atoms with Gasteiger partial charge in [-0.05, 0) is 66.0 Å². The molecule has 0 unspecified atom stereocenters. The fourth-order valence-electron chi connectivity index (χ4n) is 3.57. The first kappa shape index (κ1) is 28.0. The molecule has 12 nitrogen and oxygen atoms in total. The molecule has 12 heteroatoms. The van der Waals surface area contributed by atoms with Crippen molar-refractivity contribution < 1.29 is 29.0 Å². The molecule has 1 heterocycles. The molecular formula is C26H29N5O7.